The van der Waals surface area contributed by atoms with Gasteiger partial charge in [0.2, 0.25) is 5.79 Å². The number of hydrogen-bond donors (Lipinski definition) is 0. The minimum absolute atomic E-state index is 0.0293. The maximum Gasteiger partial charge on any atom is 0.343 e. The van der Waals surface area contributed by atoms with E-state index >= 15 is 0 Å². The van der Waals surface area contributed by atoms with E-state index < -0.39 is 17.6 Å². The summed E-state index contributed by atoms with van der Waals surface area (Å²) in [6.45, 7) is 3.52. The fourth-order valence-electron chi connectivity index (χ4n) is 3.24. The number of halogens is 1. The molecule has 0 N–H and O–H groups in total. The van der Waals surface area contributed by atoms with E-state index in [2.05, 4.69) is 0 Å². The third-order valence-electron chi connectivity index (χ3n) is 4.48. The summed E-state index contributed by atoms with van der Waals surface area (Å²) in [6, 6.07) is 12.7. The largest absolute Gasteiger partial charge is 0.460 e. The molecule has 144 valence electrons. The van der Waals surface area contributed by atoms with Gasteiger partial charge in [-0.1, -0.05) is 37.5 Å². The van der Waals surface area contributed by atoms with Crippen LogP contribution in [0.2, 0.25) is 0 Å². The van der Waals surface area contributed by atoms with Crippen LogP contribution in [0, 0.1) is 5.82 Å². The van der Waals surface area contributed by atoms with E-state index in [4.69, 9.17) is 14.2 Å². The van der Waals surface area contributed by atoms with Crippen LogP contribution in [0.4, 0.5) is 4.39 Å². The van der Waals surface area contributed by atoms with Crippen LogP contribution in [-0.4, -0.2) is 17.9 Å². The molecule has 1 fully saturated rings. The van der Waals surface area contributed by atoms with Crippen molar-refractivity contribution in [3.8, 4) is 11.5 Å². The lowest BCUT2D eigenvalue weighted by molar-refractivity contribution is -0.194. The van der Waals surface area contributed by atoms with Crippen LogP contribution in [-0.2, 0) is 4.74 Å². The summed E-state index contributed by atoms with van der Waals surface area (Å²) in [7, 11) is 0. The van der Waals surface area contributed by atoms with Crippen LogP contribution < -0.4 is 9.47 Å². The van der Waals surface area contributed by atoms with Crippen molar-refractivity contribution in [2.75, 3.05) is 0 Å². The number of ether oxygens (including phenoxy) is 3. The van der Waals surface area contributed by atoms with Gasteiger partial charge in [-0.2, -0.15) is 0 Å². The summed E-state index contributed by atoms with van der Waals surface area (Å²) >= 11 is 0. The maximum atomic E-state index is 14.2. The van der Waals surface area contributed by atoms with Crippen LogP contribution >= 0.6 is 0 Å². The first kappa shape index (κ1) is 19.4. The summed E-state index contributed by atoms with van der Waals surface area (Å²) in [5, 5.41) is 0. The van der Waals surface area contributed by atoms with E-state index in [1.165, 1.54) is 24.6 Å². The van der Waals surface area contributed by atoms with Crippen molar-refractivity contribution in [2.24, 2.45) is 0 Å². The quantitative estimate of drug-likeness (QED) is 0.381. The summed E-state index contributed by atoms with van der Waals surface area (Å²) in [5.41, 5.74) is 0.212. The topological polar surface area (TPSA) is 44.8 Å². The van der Waals surface area contributed by atoms with Gasteiger partial charge in [-0.15, -0.1) is 0 Å². The molecule has 5 heteroatoms. The van der Waals surface area contributed by atoms with Gasteiger partial charge in [0, 0.05) is 13.8 Å². The second-order valence-electron chi connectivity index (χ2n) is 7.23. The third kappa shape index (κ3) is 5.54. The van der Waals surface area contributed by atoms with Crippen LogP contribution in [0.3, 0.4) is 0 Å². The number of carbonyl (C=O) groups is 1. The Morgan fingerprint density at radius 2 is 1.74 bits per heavy atom. The van der Waals surface area contributed by atoms with Crippen LogP contribution in [0.5, 0.6) is 11.5 Å². The van der Waals surface area contributed by atoms with Crippen molar-refractivity contribution in [3.63, 3.8) is 0 Å². The van der Waals surface area contributed by atoms with Crippen LogP contribution in [0.15, 0.2) is 48.5 Å². The molecule has 0 saturated heterocycles. The molecular formula is C22H25FO4. The van der Waals surface area contributed by atoms with E-state index in [1.54, 1.807) is 38.1 Å². The highest BCUT2D eigenvalue weighted by atomic mass is 19.1. The zero-order chi connectivity index (χ0) is 19.3. The van der Waals surface area contributed by atoms with Gasteiger partial charge in [-0.05, 0) is 43.2 Å². The number of benzene rings is 2. The number of para-hydroxylation sites is 1. The Kier molecular flexibility index (Phi) is 6.11. The zero-order valence-electron chi connectivity index (χ0n) is 15.7. The van der Waals surface area contributed by atoms with Crippen molar-refractivity contribution in [2.45, 2.75) is 57.8 Å². The van der Waals surface area contributed by atoms with Crippen molar-refractivity contribution in [3.05, 3.63) is 59.9 Å². The molecular weight excluding hydrogens is 347 g/mol. The van der Waals surface area contributed by atoms with Gasteiger partial charge >= 0.3 is 5.97 Å². The lowest BCUT2D eigenvalue weighted by Crippen LogP contribution is -2.37. The first-order valence-electron chi connectivity index (χ1n) is 9.36. The second-order valence-corrected chi connectivity index (χ2v) is 7.23. The van der Waals surface area contributed by atoms with Gasteiger partial charge in [-0.3, -0.25) is 0 Å². The number of carbonyl (C=O) groups excluding carboxylic acids is 1. The van der Waals surface area contributed by atoms with Gasteiger partial charge in [0.25, 0.3) is 0 Å². The van der Waals surface area contributed by atoms with E-state index in [0.29, 0.717) is 5.75 Å². The zero-order valence-corrected chi connectivity index (χ0v) is 15.7. The third-order valence-corrected chi connectivity index (χ3v) is 4.48. The maximum absolute atomic E-state index is 14.2. The van der Waals surface area contributed by atoms with Gasteiger partial charge in [0.05, 0.1) is 11.7 Å². The van der Waals surface area contributed by atoms with Crippen LogP contribution in [0.25, 0.3) is 0 Å². The molecule has 0 aromatic heterocycles. The molecule has 0 amide bonds. The van der Waals surface area contributed by atoms with Gasteiger partial charge in [0.1, 0.15) is 5.75 Å². The first-order chi connectivity index (χ1) is 12.9. The Morgan fingerprint density at radius 1 is 1.04 bits per heavy atom. The molecule has 2 aromatic carbocycles. The Morgan fingerprint density at radius 3 is 2.44 bits per heavy atom. The fourth-order valence-corrected chi connectivity index (χ4v) is 3.24. The highest BCUT2D eigenvalue weighted by Gasteiger charge is 2.28. The molecule has 27 heavy (non-hydrogen) atoms. The Hall–Kier alpha value is -2.40. The standard InChI is InChI=1S/C22H25FO4/c1-22(2,26-18-11-7-4-8-12-18)27-20-15-16(13-14-19(20)23)21(24)25-17-9-5-3-6-10-17/h3,5-6,9-10,13-15,18H,4,7-8,11-12H2,1-2H3. The highest BCUT2D eigenvalue weighted by molar-refractivity contribution is 5.91. The predicted octanol–water partition coefficient (Wildman–Crippen LogP) is 5.51. The van der Waals surface area contributed by atoms with Crippen molar-refractivity contribution in [1.82, 2.24) is 0 Å². The average Bonchev–Trinajstić information content (AvgIpc) is 2.64. The molecule has 0 bridgehead atoms. The van der Waals surface area contributed by atoms with Crippen molar-refractivity contribution >= 4 is 5.97 Å². The van der Waals surface area contributed by atoms with E-state index in [0.717, 1.165) is 25.7 Å². The molecule has 0 atom stereocenters. The number of hydrogen-bond acceptors (Lipinski definition) is 4. The molecule has 0 spiro atoms. The molecule has 2 aromatic rings. The highest BCUT2D eigenvalue weighted by Crippen LogP contribution is 2.29. The Bertz CT molecular complexity index is 767. The van der Waals surface area contributed by atoms with Gasteiger partial charge < -0.3 is 14.2 Å². The molecule has 0 heterocycles. The van der Waals surface area contributed by atoms with Crippen LogP contribution in [0.1, 0.15) is 56.3 Å². The Labute approximate surface area is 159 Å². The summed E-state index contributed by atoms with van der Waals surface area (Å²) in [6.07, 6.45) is 5.58. The minimum atomic E-state index is -0.995. The lowest BCUT2D eigenvalue weighted by Gasteiger charge is -2.33. The molecule has 1 aliphatic rings. The van der Waals surface area contributed by atoms with Crippen molar-refractivity contribution < 1.29 is 23.4 Å². The molecule has 1 saturated carbocycles. The second kappa shape index (κ2) is 8.53. The van der Waals surface area contributed by atoms with Gasteiger partial charge in [0.15, 0.2) is 11.6 Å². The monoisotopic (exact) mass is 372 g/mol. The SMILES string of the molecule is CC(C)(Oc1cc(C(=O)Oc2ccccc2)ccc1F)OC1CCCCC1. The first-order valence-corrected chi connectivity index (χ1v) is 9.36. The Balaban J connectivity index is 1.69. The van der Waals surface area contributed by atoms with E-state index in [9.17, 15) is 9.18 Å². The van der Waals surface area contributed by atoms with E-state index in [-0.39, 0.29) is 17.4 Å². The van der Waals surface area contributed by atoms with Gasteiger partial charge in [-0.25, -0.2) is 9.18 Å². The lowest BCUT2D eigenvalue weighted by atomic mass is 9.97. The molecule has 4 nitrogen and oxygen atoms in total. The number of esters is 1. The smallest absolute Gasteiger partial charge is 0.343 e. The fraction of sp³-hybridized carbons (Fsp3) is 0.409. The molecule has 0 unspecified atom stereocenters. The normalized spacial score (nSPS) is 15.4. The average molecular weight is 372 g/mol. The number of rotatable bonds is 6. The molecule has 0 aliphatic heterocycles. The minimum Gasteiger partial charge on any atom is -0.460 e. The summed E-state index contributed by atoms with van der Waals surface area (Å²) in [4.78, 5) is 12.3. The summed E-state index contributed by atoms with van der Waals surface area (Å²) in [5.74, 6) is -1.72. The molecule has 1 aliphatic carbocycles. The molecule has 3 rings (SSSR count). The van der Waals surface area contributed by atoms with E-state index in [1.807, 2.05) is 6.07 Å². The summed E-state index contributed by atoms with van der Waals surface area (Å²) < 4.78 is 31.3. The predicted molar refractivity (Wildman–Crippen MR) is 100 cm³/mol. The molecule has 0 radical (unpaired) electrons. The van der Waals surface area contributed by atoms with Crippen molar-refractivity contribution in [1.29, 1.82) is 0 Å².